The molecule has 1 rings (SSSR count). The molecule has 1 fully saturated rings. The van der Waals surface area contributed by atoms with Crippen LogP contribution in [0.15, 0.2) is 0 Å². The van der Waals surface area contributed by atoms with Gasteiger partial charge in [-0.2, -0.15) is 17.5 Å². The Hall–Kier alpha value is -0.340. The van der Waals surface area contributed by atoms with Gasteiger partial charge in [-0.05, 0) is 33.2 Å². The molecular formula is C10H19F3N2O2S. The summed E-state index contributed by atoms with van der Waals surface area (Å²) in [6, 6.07) is -0.696. The molecule has 0 spiro atoms. The highest BCUT2D eigenvalue weighted by atomic mass is 32.2. The van der Waals surface area contributed by atoms with E-state index in [1.54, 1.807) is 0 Å². The highest BCUT2D eigenvalue weighted by molar-refractivity contribution is 7.89. The average Bonchev–Trinajstić information content (AvgIpc) is 2.25. The monoisotopic (exact) mass is 288 g/mol. The summed E-state index contributed by atoms with van der Waals surface area (Å²) in [5.74, 6) is 0. The summed E-state index contributed by atoms with van der Waals surface area (Å²) in [5, 5.41) is 2.16. The van der Waals surface area contributed by atoms with Gasteiger partial charge in [0.05, 0.1) is 5.25 Å². The predicted octanol–water partition coefficient (Wildman–Crippen LogP) is 1.34. The molecule has 0 aromatic heterocycles. The van der Waals surface area contributed by atoms with Crippen LogP contribution in [0.5, 0.6) is 0 Å². The van der Waals surface area contributed by atoms with Gasteiger partial charge < -0.3 is 5.32 Å². The van der Waals surface area contributed by atoms with Gasteiger partial charge in [-0.1, -0.05) is 0 Å². The van der Waals surface area contributed by atoms with E-state index in [4.69, 9.17) is 0 Å². The van der Waals surface area contributed by atoms with Crippen LogP contribution in [0.2, 0.25) is 0 Å². The number of nitrogens with zero attached hydrogens (tertiary/aromatic N) is 1. The van der Waals surface area contributed by atoms with Crippen molar-refractivity contribution in [3.05, 3.63) is 0 Å². The second kappa shape index (κ2) is 5.75. The van der Waals surface area contributed by atoms with Crippen LogP contribution in [0.1, 0.15) is 26.7 Å². The number of hydrogen-bond acceptors (Lipinski definition) is 3. The first-order valence-electron chi connectivity index (χ1n) is 5.92. The minimum absolute atomic E-state index is 0.226. The van der Waals surface area contributed by atoms with E-state index in [2.05, 4.69) is 5.32 Å². The van der Waals surface area contributed by atoms with Crippen molar-refractivity contribution < 1.29 is 21.6 Å². The van der Waals surface area contributed by atoms with Crippen LogP contribution < -0.4 is 5.32 Å². The lowest BCUT2D eigenvalue weighted by Gasteiger charge is -2.32. The average molecular weight is 288 g/mol. The van der Waals surface area contributed by atoms with Gasteiger partial charge in [-0.15, -0.1) is 0 Å². The Labute approximate surface area is 106 Å². The summed E-state index contributed by atoms with van der Waals surface area (Å²) in [5.41, 5.74) is 0. The Kier molecular flexibility index (Phi) is 5.02. The van der Waals surface area contributed by atoms with Crippen molar-refractivity contribution in [2.24, 2.45) is 0 Å². The number of hydrogen-bond donors (Lipinski definition) is 1. The normalized spacial score (nSPS) is 22.7. The van der Waals surface area contributed by atoms with Crippen LogP contribution in [0.4, 0.5) is 13.2 Å². The van der Waals surface area contributed by atoms with Crippen LogP contribution in [0, 0.1) is 0 Å². The third-order valence-electron chi connectivity index (χ3n) is 2.91. The smallest absolute Gasteiger partial charge is 0.315 e. The fourth-order valence-corrected chi connectivity index (χ4v) is 4.10. The summed E-state index contributed by atoms with van der Waals surface area (Å²) in [6.07, 6.45) is -3.43. The molecule has 0 aliphatic carbocycles. The van der Waals surface area contributed by atoms with Gasteiger partial charge in [-0.25, -0.2) is 8.42 Å². The number of alkyl halides is 3. The van der Waals surface area contributed by atoms with Crippen molar-refractivity contribution in [1.29, 1.82) is 0 Å². The maximum atomic E-state index is 12.4. The van der Waals surface area contributed by atoms with Crippen LogP contribution in [0.25, 0.3) is 0 Å². The Morgan fingerprint density at radius 3 is 2.39 bits per heavy atom. The minimum Gasteiger partial charge on any atom is -0.315 e. The SMILES string of the molecule is CC(C)N(CC(F)(F)F)S(=O)(=O)C1CCCNC1. The second-order valence-corrected chi connectivity index (χ2v) is 6.93. The Morgan fingerprint density at radius 1 is 1.39 bits per heavy atom. The molecule has 1 unspecified atom stereocenters. The highest BCUT2D eigenvalue weighted by Crippen LogP contribution is 2.24. The minimum atomic E-state index is -4.51. The maximum Gasteiger partial charge on any atom is 0.402 e. The number of piperidine rings is 1. The first-order valence-corrected chi connectivity index (χ1v) is 7.43. The van der Waals surface area contributed by atoms with Crippen LogP contribution >= 0.6 is 0 Å². The lowest BCUT2D eigenvalue weighted by atomic mass is 10.2. The fourth-order valence-electron chi connectivity index (χ4n) is 2.01. The summed E-state index contributed by atoms with van der Waals surface area (Å²) in [6.45, 7) is 2.44. The molecule has 18 heavy (non-hydrogen) atoms. The molecular weight excluding hydrogens is 269 g/mol. The molecule has 4 nitrogen and oxygen atoms in total. The molecule has 1 saturated heterocycles. The molecule has 0 radical (unpaired) electrons. The van der Waals surface area contributed by atoms with Gasteiger partial charge in [0.2, 0.25) is 10.0 Å². The van der Waals surface area contributed by atoms with Gasteiger partial charge in [0.25, 0.3) is 0 Å². The molecule has 0 bridgehead atoms. The number of halogens is 3. The van der Waals surface area contributed by atoms with Gasteiger partial charge in [0.15, 0.2) is 0 Å². The van der Waals surface area contributed by atoms with Gasteiger partial charge in [0, 0.05) is 12.6 Å². The number of nitrogens with one attached hydrogen (secondary N) is 1. The van der Waals surface area contributed by atoms with Crippen molar-refractivity contribution in [3.63, 3.8) is 0 Å². The van der Waals surface area contributed by atoms with Gasteiger partial charge >= 0.3 is 6.18 Å². The zero-order valence-electron chi connectivity index (χ0n) is 10.5. The van der Waals surface area contributed by atoms with Crippen molar-refractivity contribution in [3.8, 4) is 0 Å². The van der Waals surface area contributed by atoms with E-state index >= 15 is 0 Å². The zero-order valence-corrected chi connectivity index (χ0v) is 11.3. The molecule has 0 saturated carbocycles. The summed E-state index contributed by atoms with van der Waals surface area (Å²) >= 11 is 0. The van der Waals surface area contributed by atoms with Gasteiger partial charge in [-0.3, -0.25) is 0 Å². The summed E-state index contributed by atoms with van der Waals surface area (Å²) in [4.78, 5) is 0. The third kappa shape index (κ3) is 4.10. The molecule has 1 atom stereocenters. The first kappa shape index (κ1) is 15.7. The Balaban J connectivity index is 2.89. The molecule has 108 valence electrons. The van der Waals surface area contributed by atoms with Crippen molar-refractivity contribution in [2.75, 3.05) is 19.6 Å². The van der Waals surface area contributed by atoms with Crippen LogP contribution in [-0.2, 0) is 10.0 Å². The largest absolute Gasteiger partial charge is 0.402 e. The van der Waals surface area contributed by atoms with E-state index in [0.29, 0.717) is 23.7 Å². The van der Waals surface area contributed by atoms with Crippen molar-refractivity contribution >= 4 is 10.0 Å². The molecule has 0 aromatic carbocycles. The predicted molar refractivity (Wildman–Crippen MR) is 62.7 cm³/mol. The summed E-state index contributed by atoms with van der Waals surface area (Å²) in [7, 11) is -3.91. The molecule has 1 N–H and O–H groups in total. The van der Waals surface area contributed by atoms with Crippen LogP contribution in [0.3, 0.4) is 0 Å². The molecule has 8 heteroatoms. The van der Waals surface area contributed by atoms with E-state index in [1.165, 1.54) is 13.8 Å². The molecule has 1 heterocycles. The van der Waals surface area contributed by atoms with Crippen molar-refractivity contribution in [2.45, 2.75) is 44.2 Å². The Morgan fingerprint density at radius 2 is 2.00 bits per heavy atom. The van der Waals surface area contributed by atoms with E-state index < -0.39 is 34.0 Å². The third-order valence-corrected chi connectivity index (χ3v) is 5.36. The lowest BCUT2D eigenvalue weighted by molar-refractivity contribution is -0.138. The Bertz CT molecular complexity index is 362. The van der Waals surface area contributed by atoms with E-state index in [-0.39, 0.29) is 6.54 Å². The van der Waals surface area contributed by atoms with Gasteiger partial charge in [0.1, 0.15) is 6.54 Å². The van der Waals surface area contributed by atoms with Crippen molar-refractivity contribution in [1.82, 2.24) is 9.62 Å². The lowest BCUT2D eigenvalue weighted by Crippen LogP contribution is -2.51. The van der Waals surface area contributed by atoms with E-state index in [9.17, 15) is 21.6 Å². The molecule has 1 aliphatic rings. The fraction of sp³-hybridized carbons (Fsp3) is 1.00. The topological polar surface area (TPSA) is 49.4 Å². The number of rotatable bonds is 4. The summed E-state index contributed by atoms with van der Waals surface area (Å²) < 4.78 is 62.3. The molecule has 1 aliphatic heterocycles. The van der Waals surface area contributed by atoms with Crippen LogP contribution in [-0.4, -0.2) is 49.8 Å². The quantitative estimate of drug-likeness (QED) is 0.849. The maximum absolute atomic E-state index is 12.4. The van der Waals surface area contributed by atoms with E-state index in [1.807, 2.05) is 0 Å². The second-order valence-electron chi connectivity index (χ2n) is 4.77. The number of sulfonamides is 1. The molecule has 0 aromatic rings. The standard InChI is InChI=1S/C10H19F3N2O2S/c1-8(2)15(7-10(11,12)13)18(16,17)9-4-3-5-14-6-9/h8-9,14H,3-7H2,1-2H3. The molecule has 0 amide bonds. The highest BCUT2D eigenvalue weighted by Gasteiger charge is 2.41. The zero-order chi connectivity index (χ0) is 14.0. The van der Waals surface area contributed by atoms with E-state index in [0.717, 1.165) is 0 Å². The first-order chi connectivity index (χ1) is 8.14.